The highest BCUT2D eigenvalue weighted by molar-refractivity contribution is 7.20. The molecule has 0 bridgehead atoms. The third-order valence-electron chi connectivity index (χ3n) is 3.79. The van der Waals surface area contributed by atoms with Crippen LogP contribution in [0.2, 0.25) is 10.0 Å². The molecular weight excluding hydrogens is 433 g/mol. The van der Waals surface area contributed by atoms with E-state index < -0.39 is 11.9 Å². The van der Waals surface area contributed by atoms with Gasteiger partial charge in [-0.2, -0.15) is 0 Å². The Kier molecular flexibility index (Phi) is 7.14. The van der Waals surface area contributed by atoms with Crippen LogP contribution in [-0.4, -0.2) is 25.1 Å². The lowest BCUT2D eigenvalue weighted by Gasteiger charge is -2.09. The Morgan fingerprint density at radius 3 is 2.52 bits per heavy atom. The molecule has 29 heavy (non-hydrogen) atoms. The van der Waals surface area contributed by atoms with E-state index in [2.05, 4.69) is 5.32 Å². The van der Waals surface area contributed by atoms with Crippen LogP contribution in [0.1, 0.15) is 17.3 Å². The molecule has 8 heteroatoms. The molecule has 3 aromatic rings. The largest absolute Gasteiger partial charge is 0.482 e. The number of halogens is 2. The van der Waals surface area contributed by atoms with E-state index >= 15 is 0 Å². The molecule has 0 fully saturated rings. The first-order valence-corrected chi connectivity index (χ1v) is 10.3. The summed E-state index contributed by atoms with van der Waals surface area (Å²) < 4.78 is 10.6. The van der Waals surface area contributed by atoms with E-state index in [9.17, 15) is 9.59 Å². The van der Waals surface area contributed by atoms with Gasteiger partial charge in [0.1, 0.15) is 10.8 Å². The molecule has 0 spiro atoms. The van der Waals surface area contributed by atoms with Crippen molar-refractivity contribution in [1.29, 1.82) is 0 Å². The second-order valence-corrected chi connectivity index (χ2v) is 7.75. The fourth-order valence-electron chi connectivity index (χ4n) is 2.49. The van der Waals surface area contributed by atoms with E-state index in [0.717, 1.165) is 10.4 Å². The summed E-state index contributed by atoms with van der Waals surface area (Å²) in [6.45, 7) is 1.69. The van der Waals surface area contributed by atoms with E-state index in [1.54, 1.807) is 25.1 Å². The molecule has 0 aliphatic heterocycles. The Hall–Kier alpha value is -2.54. The number of ether oxygens (including phenoxy) is 2. The molecule has 0 unspecified atom stereocenters. The Morgan fingerprint density at radius 2 is 1.83 bits per heavy atom. The zero-order valence-corrected chi connectivity index (χ0v) is 17.7. The van der Waals surface area contributed by atoms with Crippen molar-refractivity contribution in [3.8, 4) is 16.2 Å². The predicted octanol–water partition coefficient (Wildman–Crippen LogP) is 5.92. The summed E-state index contributed by atoms with van der Waals surface area (Å²) in [6.07, 6.45) is 0. The number of amides is 1. The number of carbonyl (C=O) groups excluding carboxylic acids is 2. The predicted molar refractivity (Wildman–Crippen MR) is 116 cm³/mol. The molecule has 1 heterocycles. The molecule has 150 valence electrons. The molecule has 2 aromatic carbocycles. The maximum absolute atomic E-state index is 12.4. The van der Waals surface area contributed by atoms with E-state index in [0.29, 0.717) is 26.4 Å². The van der Waals surface area contributed by atoms with Gasteiger partial charge in [-0.1, -0.05) is 53.5 Å². The second-order valence-electron chi connectivity index (χ2n) is 5.85. The average molecular weight is 450 g/mol. The quantitative estimate of drug-likeness (QED) is 0.454. The van der Waals surface area contributed by atoms with Crippen LogP contribution in [0, 0.1) is 0 Å². The normalized spacial score (nSPS) is 10.4. The standard InChI is InChI=1S/C21H17Cl2NO4S/c1-2-27-21(26)15-11-18(13-6-4-3-5-7-13)29-20(15)24-19(25)12-28-17-9-8-14(22)10-16(17)23/h3-11H,2,12H2,1H3,(H,24,25). The van der Waals surface area contributed by atoms with E-state index in [4.69, 9.17) is 32.7 Å². The summed E-state index contributed by atoms with van der Waals surface area (Å²) in [5.41, 5.74) is 1.24. The van der Waals surface area contributed by atoms with Gasteiger partial charge in [0.25, 0.3) is 5.91 Å². The highest BCUT2D eigenvalue weighted by Gasteiger charge is 2.20. The van der Waals surface area contributed by atoms with Crippen LogP contribution < -0.4 is 10.1 Å². The van der Waals surface area contributed by atoms with Gasteiger partial charge in [-0.25, -0.2) is 4.79 Å². The van der Waals surface area contributed by atoms with Gasteiger partial charge in [-0.15, -0.1) is 11.3 Å². The Morgan fingerprint density at radius 1 is 1.07 bits per heavy atom. The van der Waals surface area contributed by atoms with Crippen LogP contribution in [0.3, 0.4) is 0 Å². The van der Waals surface area contributed by atoms with Crippen LogP contribution in [0.15, 0.2) is 54.6 Å². The van der Waals surface area contributed by atoms with Gasteiger partial charge in [0.15, 0.2) is 6.61 Å². The van der Waals surface area contributed by atoms with Gasteiger partial charge in [0.2, 0.25) is 0 Å². The Balaban J connectivity index is 1.76. The third kappa shape index (κ3) is 5.50. The van der Waals surface area contributed by atoms with Crippen molar-refractivity contribution in [3.05, 3.63) is 70.2 Å². The molecule has 0 atom stereocenters. The van der Waals surface area contributed by atoms with Crippen molar-refractivity contribution in [2.75, 3.05) is 18.5 Å². The van der Waals surface area contributed by atoms with E-state index in [-0.39, 0.29) is 13.2 Å². The maximum atomic E-state index is 12.4. The Labute approximate surface area is 182 Å². The minimum atomic E-state index is -0.497. The summed E-state index contributed by atoms with van der Waals surface area (Å²) in [7, 11) is 0. The number of esters is 1. The molecule has 0 aliphatic rings. The number of rotatable bonds is 7. The zero-order valence-electron chi connectivity index (χ0n) is 15.4. The summed E-state index contributed by atoms with van der Waals surface area (Å²) in [6, 6.07) is 16.0. The molecule has 1 aromatic heterocycles. The van der Waals surface area contributed by atoms with Gasteiger partial charge >= 0.3 is 5.97 Å². The monoisotopic (exact) mass is 449 g/mol. The molecular formula is C21H17Cl2NO4S. The molecule has 3 rings (SSSR count). The van der Waals surface area contributed by atoms with Gasteiger partial charge in [0.05, 0.1) is 17.2 Å². The number of hydrogen-bond acceptors (Lipinski definition) is 5. The summed E-state index contributed by atoms with van der Waals surface area (Å²) >= 11 is 13.2. The minimum absolute atomic E-state index is 0.237. The molecule has 0 radical (unpaired) electrons. The van der Waals surface area contributed by atoms with Crippen molar-refractivity contribution in [2.24, 2.45) is 0 Å². The zero-order chi connectivity index (χ0) is 20.8. The molecule has 1 amide bonds. The molecule has 0 aliphatic carbocycles. The third-order valence-corrected chi connectivity index (χ3v) is 5.42. The maximum Gasteiger partial charge on any atom is 0.341 e. The van der Waals surface area contributed by atoms with Crippen LogP contribution in [0.5, 0.6) is 5.75 Å². The van der Waals surface area contributed by atoms with Gasteiger partial charge in [0, 0.05) is 9.90 Å². The number of benzene rings is 2. The SMILES string of the molecule is CCOC(=O)c1cc(-c2ccccc2)sc1NC(=O)COc1ccc(Cl)cc1Cl. The van der Waals surface area contributed by atoms with Crippen molar-refractivity contribution in [2.45, 2.75) is 6.92 Å². The lowest BCUT2D eigenvalue weighted by Crippen LogP contribution is -2.21. The van der Waals surface area contributed by atoms with Gasteiger partial charge in [-0.05, 0) is 36.8 Å². The number of thiophene rings is 1. The smallest absolute Gasteiger partial charge is 0.341 e. The first kappa shape index (κ1) is 21.2. The average Bonchev–Trinajstić information content (AvgIpc) is 3.12. The highest BCUT2D eigenvalue weighted by Crippen LogP contribution is 2.36. The number of anilines is 1. The lowest BCUT2D eigenvalue weighted by atomic mass is 10.1. The van der Waals surface area contributed by atoms with Gasteiger partial charge in [-0.3, -0.25) is 4.79 Å². The molecule has 5 nitrogen and oxygen atoms in total. The van der Waals surface area contributed by atoms with E-state index in [1.165, 1.54) is 17.4 Å². The van der Waals surface area contributed by atoms with Crippen LogP contribution in [-0.2, 0) is 9.53 Å². The van der Waals surface area contributed by atoms with E-state index in [1.807, 2.05) is 30.3 Å². The van der Waals surface area contributed by atoms with Crippen LogP contribution >= 0.6 is 34.5 Å². The lowest BCUT2D eigenvalue weighted by molar-refractivity contribution is -0.118. The van der Waals surface area contributed by atoms with Crippen molar-refractivity contribution >= 4 is 51.4 Å². The van der Waals surface area contributed by atoms with Crippen molar-refractivity contribution in [3.63, 3.8) is 0 Å². The number of hydrogen-bond donors (Lipinski definition) is 1. The van der Waals surface area contributed by atoms with Crippen molar-refractivity contribution in [1.82, 2.24) is 0 Å². The number of carbonyl (C=O) groups is 2. The second kappa shape index (κ2) is 9.78. The summed E-state index contributed by atoms with van der Waals surface area (Å²) in [5.74, 6) is -0.584. The topological polar surface area (TPSA) is 64.6 Å². The first-order chi connectivity index (χ1) is 14.0. The number of nitrogens with one attached hydrogen (secondary N) is 1. The van der Waals surface area contributed by atoms with Crippen LogP contribution in [0.4, 0.5) is 5.00 Å². The molecule has 0 saturated heterocycles. The minimum Gasteiger partial charge on any atom is -0.482 e. The van der Waals surface area contributed by atoms with Crippen LogP contribution in [0.25, 0.3) is 10.4 Å². The Bertz CT molecular complexity index is 1020. The fraction of sp³-hybridized carbons (Fsp3) is 0.143. The highest BCUT2D eigenvalue weighted by atomic mass is 35.5. The molecule has 1 N–H and O–H groups in total. The van der Waals surface area contributed by atoms with Crippen molar-refractivity contribution < 1.29 is 19.1 Å². The summed E-state index contributed by atoms with van der Waals surface area (Å²) in [5, 5.41) is 3.90. The first-order valence-electron chi connectivity index (χ1n) is 8.72. The fourth-order valence-corrected chi connectivity index (χ4v) is 4.02. The molecule has 0 saturated carbocycles. The summed E-state index contributed by atoms with van der Waals surface area (Å²) in [4.78, 5) is 25.5. The van der Waals surface area contributed by atoms with Gasteiger partial charge < -0.3 is 14.8 Å².